The number of anilines is 1. The van der Waals surface area contributed by atoms with Gasteiger partial charge in [-0.25, -0.2) is 4.68 Å². The Bertz CT molecular complexity index is 482. The minimum absolute atomic E-state index is 0.0184. The summed E-state index contributed by atoms with van der Waals surface area (Å²) in [6.45, 7) is 1.37. The lowest BCUT2D eigenvalue weighted by Gasteiger charge is -2.22. The summed E-state index contributed by atoms with van der Waals surface area (Å²) in [6.07, 6.45) is 8.54. The molecule has 1 atom stereocenters. The lowest BCUT2D eigenvalue weighted by Crippen LogP contribution is -2.38. The van der Waals surface area contributed by atoms with E-state index in [1.807, 2.05) is 10.7 Å². The highest BCUT2D eigenvalue weighted by atomic mass is 16.3. The molecule has 0 radical (unpaired) electrons. The Kier molecular flexibility index (Phi) is 4.55. The van der Waals surface area contributed by atoms with E-state index in [1.54, 1.807) is 6.20 Å². The first-order chi connectivity index (χ1) is 10.3. The standard InChI is InChI=1S/C15H24N4O2/c20-11-13-6-3-9-18(13)10-15(21)17-14-7-8-16-19(14)12-4-1-2-5-12/h7-8,12-13,20H,1-6,9-11H2,(H,17,21)/t13-/m1/s1. The smallest absolute Gasteiger partial charge is 0.239 e. The van der Waals surface area contributed by atoms with E-state index < -0.39 is 0 Å². The van der Waals surface area contributed by atoms with E-state index in [-0.39, 0.29) is 18.6 Å². The van der Waals surface area contributed by atoms with Crippen molar-refractivity contribution in [2.45, 2.75) is 50.6 Å². The lowest BCUT2D eigenvalue weighted by molar-refractivity contribution is -0.117. The third-order valence-corrected chi connectivity index (χ3v) is 4.66. The van der Waals surface area contributed by atoms with E-state index in [2.05, 4.69) is 15.3 Å². The first-order valence-corrected chi connectivity index (χ1v) is 7.96. The number of carbonyl (C=O) groups excluding carboxylic acids is 1. The van der Waals surface area contributed by atoms with Gasteiger partial charge in [0.25, 0.3) is 0 Å². The van der Waals surface area contributed by atoms with Crippen molar-refractivity contribution in [3.8, 4) is 0 Å². The van der Waals surface area contributed by atoms with Gasteiger partial charge in [0.05, 0.1) is 25.4 Å². The number of nitrogens with one attached hydrogen (secondary N) is 1. The summed E-state index contributed by atoms with van der Waals surface area (Å²) in [6, 6.07) is 2.42. The molecular weight excluding hydrogens is 268 g/mol. The van der Waals surface area contributed by atoms with Crippen LogP contribution in [0.5, 0.6) is 0 Å². The number of amides is 1. The minimum Gasteiger partial charge on any atom is -0.395 e. The molecule has 1 aliphatic heterocycles. The van der Waals surface area contributed by atoms with Crippen molar-refractivity contribution in [3.05, 3.63) is 12.3 Å². The number of likely N-dealkylation sites (tertiary alicyclic amines) is 1. The molecule has 2 aliphatic rings. The second-order valence-corrected chi connectivity index (χ2v) is 6.10. The Hall–Kier alpha value is -1.40. The van der Waals surface area contributed by atoms with Gasteiger partial charge in [-0.3, -0.25) is 9.69 Å². The van der Waals surface area contributed by atoms with E-state index in [9.17, 15) is 9.90 Å². The molecule has 116 valence electrons. The van der Waals surface area contributed by atoms with Crippen LogP contribution in [-0.2, 0) is 4.79 Å². The molecule has 1 saturated heterocycles. The highest BCUT2D eigenvalue weighted by molar-refractivity contribution is 5.91. The summed E-state index contributed by atoms with van der Waals surface area (Å²) in [7, 11) is 0. The number of aromatic nitrogens is 2. The van der Waals surface area contributed by atoms with Crippen LogP contribution in [0.3, 0.4) is 0 Å². The Morgan fingerprint density at radius 3 is 2.90 bits per heavy atom. The van der Waals surface area contributed by atoms with Gasteiger partial charge >= 0.3 is 0 Å². The molecule has 6 nitrogen and oxygen atoms in total. The molecule has 1 aliphatic carbocycles. The largest absolute Gasteiger partial charge is 0.395 e. The fraction of sp³-hybridized carbons (Fsp3) is 0.733. The number of hydrogen-bond acceptors (Lipinski definition) is 4. The molecule has 1 saturated carbocycles. The molecule has 1 amide bonds. The van der Waals surface area contributed by atoms with Crippen LogP contribution < -0.4 is 5.32 Å². The van der Waals surface area contributed by atoms with Gasteiger partial charge in [0, 0.05) is 12.1 Å². The molecule has 21 heavy (non-hydrogen) atoms. The van der Waals surface area contributed by atoms with Crippen LogP contribution in [0.4, 0.5) is 5.82 Å². The van der Waals surface area contributed by atoms with E-state index in [0.29, 0.717) is 12.6 Å². The number of aliphatic hydroxyl groups excluding tert-OH is 1. The van der Waals surface area contributed by atoms with Gasteiger partial charge in [-0.15, -0.1) is 0 Å². The second kappa shape index (κ2) is 6.58. The second-order valence-electron chi connectivity index (χ2n) is 6.10. The van der Waals surface area contributed by atoms with Gasteiger partial charge in [-0.05, 0) is 32.2 Å². The highest BCUT2D eigenvalue weighted by Crippen LogP contribution is 2.31. The maximum absolute atomic E-state index is 12.2. The fourth-order valence-electron chi connectivity index (χ4n) is 3.53. The summed E-state index contributed by atoms with van der Waals surface area (Å²) in [5, 5.41) is 16.6. The highest BCUT2D eigenvalue weighted by Gasteiger charge is 2.26. The van der Waals surface area contributed by atoms with Crippen LogP contribution in [-0.4, -0.2) is 51.4 Å². The van der Waals surface area contributed by atoms with Gasteiger partial charge in [0.1, 0.15) is 5.82 Å². The quantitative estimate of drug-likeness (QED) is 0.860. The molecule has 3 rings (SSSR count). The Morgan fingerprint density at radius 1 is 1.33 bits per heavy atom. The Balaban J connectivity index is 1.59. The maximum atomic E-state index is 12.2. The average molecular weight is 292 g/mol. The zero-order valence-electron chi connectivity index (χ0n) is 12.4. The predicted molar refractivity (Wildman–Crippen MR) is 80.0 cm³/mol. The number of nitrogens with zero attached hydrogens (tertiary/aromatic N) is 3. The Labute approximate surface area is 125 Å². The van der Waals surface area contributed by atoms with Crippen molar-refractivity contribution in [2.24, 2.45) is 0 Å². The molecule has 0 aromatic carbocycles. The normalized spacial score (nSPS) is 23.8. The summed E-state index contributed by atoms with van der Waals surface area (Å²) in [5.41, 5.74) is 0. The van der Waals surface area contributed by atoms with Crippen LogP contribution in [0.2, 0.25) is 0 Å². The van der Waals surface area contributed by atoms with Crippen molar-refractivity contribution in [1.82, 2.24) is 14.7 Å². The first kappa shape index (κ1) is 14.5. The molecule has 0 unspecified atom stereocenters. The zero-order chi connectivity index (χ0) is 14.7. The van der Waals surface area contributed by atoms with Crippen LogP contribution in [0.25, 0.3) is 0 Å². The summed E-state index contributed by atoms with van der Waals surface area (Å²) in [5.74, 6) is 0.779. The van der Waals surface area contributed by atoms with Crippen LogP contribution in [0.15, 0.2) is 12.3 Å². The summed E-state index contributed by atoms with van der Waals surface area (Å²) >= 11 is 0. The third-order valence-electron chi connectivity index (χ3n) is 4.66. The molecule has 1 aromatic heterocycles. The molecule has 2 N–H and O–H groups in total. The SMILES string of the molecule is O=C(CN1CCC[C@@H]1CO)Nc1ccnn1C1CCCC1. The van der Waals surface area contributed by atoms with Crippen molar-refractivity contribution < 1.29 is 9.90 Å². The Morgan fingerprint density at radius 2 is 2.14 bits per heavy atom. The van der Waals surface area contributed by atoms with E-state index in [1.165, 1.54) is 12.8 Å². The van der Waals surface area contributed by atoms with Gasteiger partial charge in [-0.2, -0.15) is 5.10 Å². The molecule has 1 aromatic rings. The number of carbonyl (C=O) groups is 1. The molecule has 2 fully saturated rings. The van der Waals surface area contributed by atoms with Crippen molar-refractivity contribution in [1.29, 1.82) is 0 Å². The number of rotatable bonds is 5. The maximum Gasteiger partial charge on any atom is 0.239 e. The van der Waals surface area contributed by atoms with Gasteiger partial charge in [-0.1, -0.05) is 12.8 Å². The molecule has 0 spiro atoms. The third kappa shape index (κ3) is 3.27. The van der Waals surface area contributed by atoms with E-state index >= 15 is 0 Å². The zero-order valence-corrected chi connectivity index (χ0v) is 12.4. The predicted octanol–water partition coefficient (Wildman–Crippen LogP) is 1.39. The monoisotopic (exact) mass is 292 g/mol. The van der Waals surface area contributed by atoms with Gasteiger partial charge in [0.15, 0.2) is 0 Å². The average Bonchev–Trinajstić information content (AvgIpc) is 3.18. The topological polar surface area (TPSA) is 70.4 Å². The van der Waals surface area contributed by atoms with Crippen LogP contribution in [0, 0.1) is 0 Å². The van der Waals surface area contributed by atoms with Gasteiger partial charge in [0.2, 0.25) is 5.91 Å². The molecule has 2 heterocycles. The summed E-state index contributed by atoms with van der Waals surface area (Å²) in [4.78, 5) is 14.3. The van der Waals surface area contributed by atoms with Crippen molar-refractivity contribution in [3.63, 3.8) is 0 Å². The van der Waals surface area contributed by atoms with Crippen molar-refractivity contribution in [2.75, 3.05) is 25.0 Å². The van der Waals surface area contributed by atoms with Gasteiger partial charge < -0.3 is 10.4 Å². The summed E-state index contributed by atoms with van der Waals surface area (Å²) < 4.78 is 1.96. The molecular formula is C15H24N4O2. The van der Waals surface area contributed by atoms with E-state index in [0.717, 1.165) is 38.0 Å². The number of hydrogen-bond donors (Lipinski definition) is 2. The molecule has 6 heteroatoms. The van der Waals surface area contributed by atoms with Crippen LogP contribution in [0.1, 0.15) is 44.6 Å². The minimum atomic E-state index is -0.0184. The van der Waals surface area contributed by atoms with E-state index in [4.69, 9.17) is 0 Å². The van der Waals surface area contributed by atoms with Crippen LogP contribution >= 0.6 is 0 Å². The fourth-order valence-corrected chi connectivity index (χ4v) is 3.53. The van der Waals surface area contributed by atoms with Crippen molar-refractivity contribution >= 4 is 11.7 Å². The number of aliphatic hydroxyl groups is 1. The lowest BCUT2D eigenvalue weighted by atomic mass is 10.2. The first-order valence-electron chi connectivity index (χ1n) is 7.96. The molecule has 0 bridgehead atoms.